The van der Waals surface area contributed by atoms with Gasteiger partial charge in [0, 0.05) is 23.9 Å². The van der Waals surface area contributed by atoms with Crippen molar-refractivity contribution in [2.75, 3.05) is 11.9 Å². The molecular formula is C13H15FN4. The first-order valence-electron chi connectivity index (χ1n) is 5.88. The number of halogens is 1. The molecule has 0 aliphatic heterocycles. The van der Waals surface area contributed by atoms with E-state index in [1.807, 2.05) is 6.92 Å². The van der Waals surface area contributed by atoms with Crippen LogP contribution in [0.3, 0.4) is 0 Å². The standard InChI is InChI=1S/C13H15FN4/c1-3-4-16-13-9(2)12(17-8-18-13)10-5-11(14)7-15-6-10/h5-8H,3-4H2,1-2H3,(H,16,17,18). The molecule has 4 nitrogen and oxygen atoms in total. The molecule has 0 unspecified atom stereocenters. The molecule has 0 amide bonds. The van der Waals surface area contributed by atoms with Crippen molar-refractivity contribution in [3.63, 3.8) is 0 Å². The maximum absolute atomic E-state index is 13.2. The Balaban J connectivity index is 2.39. The molecule has 2 aromatic rings. The Morgan fingerprint density at radius 3 is 2.83 bits per heavy atom. The number of nitrogens with zero attached hydrogens (tertiary/aromatic N) is 3. The summed E-state index contributed by atoms with van der Waals surface area (Å²) in [6.07, 6.45) is 5.27. The van der Waals surface area contributed by atoms with Crippen LogP contribution in [0.15, 0.2) is 24.8 Å². The molecule has 0 fully saturated rings. The largest absolute Gasteiger partial charge is 0.370 e. The molecule has 5 heteroatoms. The first-order valence-corrected chi connectivity index (χ1v) is 5.88. The van der Waals surface area contributed by atoms with Crippen LogP contribution in [0.4, 0.5) is 10.2 Å². The third-order valence-electron chi connectivity index (χ3n) is 2.60. The minimum absolute atomic E-state index is 0.367. The fourth-order valence-corrected chi connectivity index (χ4v) is 1.70. The van der Waals surface area contributed by atoms with Crippen molar-refractivity contribution in [1.82, 2.24) is 15.0 Å². The number of anilines is 1. The van der Waals surface area contributed by atoms with Gasteiger partial charge in [0.05, 0.1) is 11.9 Å². The lowest BCUT2D eigenvalue weighted by Gasteiger charge is -2.10. The zero-order valence-corrected chi connectivity index (χ0v) is 10.4. The molecule has 1 N–H and O–H groups in total. The van der Waals surface area contributed by atoms with Gasteiger partial charge in [0.1, 0.15) is 18.0 Å². The quantitative estimate of drug-likeness (QED) is 0.901. The minimum atomic E-state index is -0.367. The molecule has 0 saturated heterocycles. The van der Waals surface area contributed by atoms with E-state index in [1.54, 1.807) is 6.20 Å². The van der Waals surface area contributed by atoms with Crippen molar-refractivity contribution in [2.45, 2.75) is 20.3 Å². The lowest BCUT2D eigenvalue weighted by Crippen LogP contribution is -2.05. The van der Waals surface area contributed by atoms with E-state index in [0.717, 1.165) is 24.3 Å². The van der Waals surface area contributed by atoms with E-state index >= 15 is 0 Å². The molecule has 0 radical (unpaired) electrons. The van der Waals surface area contributed by atoms with Gasteiger partial charge in [0.2, 0.25) is 0 Å². The van der Waals surface area contributed by atoms with Crippen molar-refractivity contribution in [2.24, 2.45) is 0 Å². The molecule has 0 aromatic carbocycles. The molecule has 0 aliphatic carbocycles. The normalized spacial score (nSPS) is 10.4. The molecule has 2 aromatic heterocycles. The maximum atomic E-state index is 13.2. The highest BCUT2D eigenvalue weighted by Crippen LogP contribution is 2.24. The molecule has 0 bridgehead atoms. The Morgan fingerprint density at radius 1 is 1.28 bits per heavy atom. The first-order chi connectivity index (χ1) is 8.72. The van der Waals surface area contributed by atoms with Gasteiger partial charge in [-0.2, -0.15) is 0 Å². The van der Waals surface area contributed by atoms with Gasteiger partial charge in [-0.25, -0.2) is 14.4 Å². The lowest BCUT2D eigenvalue weighted by atomic mass is 10.1. The lowest BCUT2D eigenvalue weighted by molar-refractivity contribution is 0.622. The summed E-state index contributed by atoms with van der Waals surface area (Å²) in [6, 6.07) is 1.42. The van der Waals surface area contributed by atoms with Crippen LogP contribution in [0.25, 0.3) is 11.3 Å². The average Bonchev–Trinajstić information content (AvgIpc) is 2.37. The summed E-state index contributed by atoms with van der Waals surface area (Å²) in [4.78, 5) is 12.2. The average molecular weight is 246 g/mol. The fraction of sp³-hybridized carbons (Fsp3) is 0.308. The number of rotatable bonds is 4. The van der Waals surface area contributed by atoms with Gasteiger partial charge in [-0.3, -0.25) is 4.98 Å². The summed E-state index contributed by atoms with van der Waals surface area (Å²) in [6.45, 7) is 4.85. The van der Waals surface area contributed by atoms with Crippen molar-refractivity contribution >= 4 is 5.82 Å². The van der Waals surface area contributed by atoms with Gasteiger partial charge in [0.25, 0.3) is 0 Å². The second kappa shape index (κ2) is 5.53. The number of pyridine rings is 1. The topological polar surface area (TPSA) is 50.7 Å². The van der Waals surface area contributed by atoms with E-state index in [0.29, 0.717) is 11.3 Å². The van der Waals surface area contributed by atoms with Crippen LogP contribution >= 0.6 is 0 Å². The maximum Gasteiger partial charge on any atom is 0.142 e. The van der Waals surface area contributed by atoms with Crippen LogP contribution in [-0.2, 0) is 0 Å². The smallest absolute Gasteiger partial charge is 0.142 e. The Morgan fingerprint density at radius 2 is 2.11 bits per heavy atom. The summed E-state index contributed by atoms with van der Waals surface area (Å²) >= 11 is 0. The minimum Gasteiger partial charge on any atom is -0.370 e. The molecular weight excluding hydrogens is 231 g/mol. The van der Waals surface area contributed by atoms with Gasteiger partial charge < -0.3 is 5.32 Å². The number of nitrogens with one attached hydrogen (secondary N) is 1. The highest BCUT2D eigenvalue weighted by molar-refractivity contribution is 5.66. The Bertz CT molecular complexity index is 542. The summed E-state index contributed by atoms with van der Waals surface area (Å²) < 4.78 is 13.2. The summed E-state index contributed by atoms with van der Waals surface area (Å²) in [7, 11) is 0. The number of hydrogen-bond acceptors (Lipinski definition) is 4. The second-order valence-corrected chi connectivity index (χ2v) is 4.01. The van der Waals surface area contributed by atoms with Crippen molar-refractivity contribution in [1.29, 1.82) is 0 Å². The number of hydrogen-bond donors (Lipinski definition) is 1. The van der Waals surface area contributed by atoms with Gasteiger partial charge in [0.15, 0.2) is 0 Å². The zero-order chi connectivity index (χ0) is 13.0. The Hall–Kier alpha value is -2.04. The molecule has 2 heterocycles. The Labute approximate surface area is 105 Å². The summed E-state index contributed by atoms with van der Waals surface area (Å²) in [5.41, 5.74) is 2.27. The molecule has 0 aliphatic rings. The SMILES string of the molecule is CCCNc1ncnc(-c2cncc(F)c2)c1C. The van der Waals surface area contributed by atoms with Gasteiger partial charge in [-0.05, 0) is 19.4 Å². The van der Waals surface area contributed by atoms with E-state index in [4.69, 9.17) is 0 Å². The third kappa shape index (κ3) is 2.61. The van der Waals surface area contributed by atoms with Crippen LogP contribution < -0.4 is 5.32 Å². The third-order valence-corrected chi connectivity index (χ3v) is 2.60. The molecule has 94 valence electrons. The predicted molar refractivity (Wildman–Crippen MR) is 68.7 cm³/mol. The van der Waals surface area contributed by atoms with Crippen LogP contribution in [-0.4, -0.2) is 21.5 Å². The molecule has 0 saturated carbocycles. The van der Waals surface area contributed by atoms with E-state index < -0.39 is 0 Å². The molecule has 18 heavy (non-hydrogen) atoms. The fourth-order valence-electron chi connectivity index (χ4n) is 1.70. The van der Waals surface area contributed by atoms with Crippen LogP contribution in [0.1, 0.15) is 18.9 Å². The molecule has 0 atom stereocenters. The van der Waals surface area contributed by atoms with Crippen molar-refractivity contribution < 1.29 is 4.39 Å². The van der Waals surface area contributed by atoms with Crippen LogP contribution in [0.5, 0.6) is 0 Å². The van der Waals surface area contributed by atoms with Crippen LogP contribution in [0.2, 0.25) is 0 Å². The number of aromatic nitrogens is 3. The van der Waals surface area contributed by atoms with E-state index in [2.05, 4.69) is 27.2 Å². The molecule has 2 rings (SSSR count). The predicted octanol–water partition coefficient (Wildman–Crippen LogP) is 2.81. The zero-order valence-electron chi connectivity index (χ0n) is 10.4. The van der Waals surface area contributed by atoms with E-state index in [1.165, 1.54) is 18.6 Å². The highest BCUT2D eigenvalue weighted by Gasteiger charge is 2.09. The van der Waals surface area contributed by atoms with E-state index in [-0.39, 0.29) is 5.82 Å². The van der Waals surface area contributed by atoms with Gasteiger partial charge >= 0.3 is 0 Å². The van der Waals surface area contributed by atoms with Crippen molar-refractivity contribution in [3.05, 3.63) is 36.2 Å². The summed E-state index contributed by atoms with van der Waals surface area (Å²) in [5.74, 6) is 0.416. The van der Waals surface area contributed by atoms with Crippen LogP contribution in [0, 0.1) is 12.7 Å². The Kier molecular flexibility index (Phi) is 3.82. The van der Waals surface area contributed by atoms with Gasteiger partial charge in [-0.15, -0.1) is 0 Å². The molecule has 0 spiro atoms. The second-order valence-electron chi connectivity index (χ2n) is 4.01. The van der Waals surface area contributed by atoms with E-state index in [9.17, 15) is 4.39 Å². The van der Waals surface area contributed by atoms with Gasteiger partial charge in [-0.1, -0.05) is 6.92 Å². The first kappa shape index (κ1) is 12.4. The monoisotopic (exact) mass is 246 g/mol. The van der Waals surface area contributed by atoms with Crippen molar-refractivity contribution in [3.8, 4) is 11.3 Å². The highest BCUT2D eigenvalue weighted by atomic mass is 19.1. The summed E-state index contributed by atoms with van der Waals surface area (Å²) in [5, 5.41) is 3.22.